The molecule has 0 amide bonds. The Morgan fingerprint density at radius 2 is 1.71 bits per heavy atom. The summed E-state index contributed by atoms with van der Waals surface area (Å²) in [6.45, 7) is 0. The van der Waals surface area contributed by atoms with Crippen LogP contribution in [-0.4, -0.2) is 19.9 Å². The van der Waals surface area contributed by atoms with Gasteiger partial charge >= 0.3 is 0 Å². The highest BCUT2D eigenvalue weighted by Gasteiger charge is 2.14. The molecule has 0 unspecified atom stereocenters. The van der Waals surface area contributed by atoms with Crippen LogP contribution in [0.5, 0.6) is 0 Å². The summed E-state index contributed by atoms with van der Waals surface area (Å²) < 4.78 is 0. The summed E-state index contributed by atoms with van der Waals surface area (Å²) in [5.74, 6) is 0.327. The molecule has 0 aromatic heterocycles. The van der Waals surface area contributed by atoms with Crippen LogP contribution in [0.4, 0.5) is 5.69 Å². The van der Waals surface area contributed by atoms with Crippen molar-refractivity contribution in [3.63, 3.8) is 0 Å². The molecule has 0 N–H and O–H groups in total. The van der Waals surface area contributed by atoms with Gasteiger partial charge in [-0.3, -0.25) is 4.79 Å². The number of anilines is 1. The largest absolute Gasteiger partial charge is 0.378 e. The molecule has 0 aliphatic heterocycles. The van der Waals surface area contributed by atoms with Crippen molar-refractivity contribution in [1.29, 1.82) is 0 Å². The fourth-order valence-corrected chi connectivity index (χ4v) is 2.12. The molecule has 0 saturated heterocycles. The van der Waals surface area contributed by atoms with E-state index in [0.29, 0.717) is 5.78 Å². The number of nitrogens with zero attached hydrogens (tertiary/aromatic N) is 1. The van der Waals surface area contributed by atoms with Crippen LogP contribution < -0.4 is 4.90 Å². The molecule has 1 aliphatic rings. The van der Waals surface area contributed by atoms with Gasteiger partial charge in [0.1, 0.15) is 0 Å². The number of carbonyl (C=O) groups is 1. The molecule has 90 valence electrons. The van der Waals surface area contributed by atoms with Gasteiger partial charge < -0.3 is 4.90 Å². The maximum Gasteiger partial charge on any atom is 0.158 e. The van der Waals surface area contributed by atoms with Crippen molar-refractivity contribution >= 4 is 17.5 Å². The second-order valence-corrected chi connectivity index (χ2v) is 4.79. The Balaban J connectivity index is 2.17. The Morgan fingerprint density at radius 3 is 2.29 bits per heavy atom. The van der Waals surface area contributed by atoms with Gasteiger partial charge in [0.15, 0.2) is 5.78 Å². The van der Waals surface area contributed by atoms with E-state index in [4.69, 9.17) is 0 Å². The van der Waals surface area contributed by atoms with E-state index in [1.807, 2.05) is 20.2 Å². The standard InChI is InChI=1S/C15H19NO/c1-16(2)14-9-7-12(8-10-14)11-13-5-3-4-6-15(13)17/h7-11H,3-6H2,1-2H3/b13-11-. The summed E-state index contributed by atoms with van der Waals surface area (Å²) in [6, 6.07) is 8.31. The van der Waals surface area contributed by atoms with Gasteiger partial charge in [-0.05, 0) is 48.6 Å². The number of allylic oxidation sites excluding steroid dienone is 1. The smallest absolute Gasteiger partial charge is 0.158 e. The van der Waals surface area contributed by atoms with E-state index in [0.717, 1.165) is 36.8 Å². The molecular weight excluding hydrogens is 210 g/mol. The average Bonchev–Trinajstić information content (AvgIpc) is 2.33. The zero-order valence-corrected chi connectivity index (χ0v) is 10.6. The minimum absolute atomic E-state index is 0.327. The third-order valence-electron chi connectivity index (χ3n) is 3.21. The van der Waals surface area contributed by atoms with Gasteiger partial charge in [-0.2, -0.15) is 0 Å². The Morgan fingerprint density at radius 1 is 1.06 bits per heavy atom. The van der Waals surface area contributed by atoms with Crippen molar-refractivity contribution in [2.45, 2.75) is 25.7 Å². The van der Waals surface area contributed by atoms with Gasteiger partial charge in [0.2, 0.25) is 0 Å². The monoisotopic (exact) mass is 229 g/mol. The fourth-order valence-electron chi connectivity index (χ4n) is 2.12. The third kappa shape index (κ3) is 2.96. The van der Waals surface area contributed by atoms with Crippen molar-refractivity contribution in [2.75, 3.05) is 19.0 Å². The number of hydrogen-bond donors (Lipinski definition) is 0. The molecule has 2 nitrogen and oxygen atoms in total. The minimum atomic E-state index is 0.327. The predicted molar refractivity (Wildman–Crippen MR) is 72.2 cm³/mol. The molecule has 0 radical (unpaired) electrons. The second kappa shape index (κ2) is 5.17. The van der Waals surface area contributed by atoms with Gasteiger partial charge in [0.05, 0.1) is 0 Å². The Labute approximate surface area is 103 Å². The molecule has 0 heterocycles. The van der Waals surface area contributed by atoms with Crippen LogP contribution in [0, 0.1) is 0 Å². The lowest BCUT2D eigenvalue weighted by Gasteiger charge is -2.14. The predicted octanol–water partition coefficient (Wildman–Crippen LogP) is 3.28. The van der Waals surface area contributed by atoms with Crippen LogP contribution in [0.2, 0.25) is 0 Å². The van der Waals surface area contributed by atoms with E-state index in [1.54, 1.807) is 0 Å². The highest BCUT2D eigenvalue weighted by molar-refractivity contribution is 6.00. The highest BCUT2D eigenvalue weighted by atomic mass is 16.1. The lowest BCUT2D eigenvalue weighted by Crippen LogP contribution is -2.08. The summed E-state index contributed by atoms with van der Waals surface area (Å²) in [4.78, 5) is 13.8. The second-order valence-electron chi connectivity index (χ2n) is 4.79. The normalized spacial score (nSPS) is 18.5. The molecule has 2 rings (SSSR count). The molecule has 1 aromatic rings. The van der Waals surface area contributed by atoms with Crippen molar-refractivity contribution in [2.24, 2.45) is 0 Å². The third-order valence-corrected chi connectivity index (χ3v) is 3.21. The fraction of sp³-hybridized carbons (Fsp3) is 0.400. The minimum Gasteiger partial charge on any atom is -0.378 e. The number of benzene rings is 1. The molecule has 0 atom stereocenters. The number of rotatable bonds is 2. The SMILES string of the molecule is CN(C)c1ccc(/C=C2/CCCCC2=O)cc1. The summed E-state index contributed by atoms with van der Waals surface area (Å²) in [6.07, 6.45) is 5.90. The zero-order chi connectivity index (χ0) is 12.3. The molecule has 2 heteroatoms. The van der Waals surface area contributed by atoms with E-state index in [1.165, 1.54) is 5.69 Å². The summed E-state index contributed by atoms with van der Waals surface area (Å²) in [5, 5.41) is 0. The first-order valence-electron chi connectivity index (χ1n) is 6.18. The van der Waals surface area contributed by atoms with E-state index in [-0.39, 0.29) is 0 Å². The summed E-state index contributed by atoms with van der Waals surface area (Å²) in [5.41, 5.74) is 3.30. The van der Waals surface area contributed by atoms with Gasteiger partial charge in [-0.15, -0.1) is 0 Å². The number of hydrogen-bond acceptors (Lipinski definition) is 2. The zero-order valence-electron chi connectivity index (χ0n) is 10.6. The summed E-state index contributed by atoms with van der Waals surface area (Å²) >= 11 is 0. The Bertz CT molecular complexity index is 429. The highest BCUT2D eigenvalue weighted by Crippen LogP contribution is 2.23. The first kappa shape index (κ1) is 11.9. The van der Waals surface area contributed by atoms with Crippen molar-refractivity contribution < 1.29 is 4.79 Å². The van der Waals surface area contributed by atoms with Crippen LogP contribution in [0.15, 0.2) is 29.8 Å². The van der Waals surface area contributed by atoms with E-state index in [9.17, 15) is 4.79 Å². The van der Waals surface area contributed by atoms with Crippen molar-refractivity contribution in [1.82, 2.24) is 0 Å². The average molecular weight is 229 g/mol. The maximum absolute atomic E-state index is 11.7. The molecule has 0 spiro atoms. The number of carbonyl (C=O) groups excluding carboxylic acids is 1. The summed E-state index contributed by atoms with van der Waals surface area (Å²) in [7, 11) is 4.05. The quantitative estimate of drug-likeness (QED) is 0.725. The van der Waals surface area contributed by atoms with Gasteiger partial charge in [0.25, 0.3) is 0 Å². The maximum atomic E-state index is 11.7. The topological polar surface area (TPSA) is 20.3 Å². The molecule has 17 heavy (non-hydrogen) atoms. The van der Waals surface area contributed by atoms with E-state index in [2.05, 4.69) is 29.2 Å². The van der Waals surface area contributed by atoms with Crippen molar-refractivity contribution in [3.05, 3.63) is 35.4 Å². The Kier molecular flexibility index (Phi) is 3.62. The molecule has 0 bridgehead atoms. The van der Waals surface area contributed by atoms with Crippen molar-refractivity contribution in [3.8, 4) is 0 Å². The van der Waals surface area contributed by atoms with Crippen LogP contribution in [0.1, 0.15) is 31.2 Å². The molecule has 1 fully saturated rings. The Hall–Kier alpha value is -1.57. The van der Waals surface area contributed by atoms with Gasteiger partial charge in [0, 0.05) is 26.2 Å². The first-order chi connectivity index (χ1) is 8.16. The van der Waals surface area contributed by atoms with E-state index >= 15 is 0 Å². The lowest BCUT2D eigenvalue weighted by molar-refractivity contribution is -0.116. The number of Topliss-reactive ketones (excluding diaryl/α,β-unsaturated/α-hetero) is 1. The van der Waals surface area contributed by atoms with Crippen LogP contribution >= 0.6 is 0 Å². The molecule has 1 aliphatic carbocycles. The number of ketones is 1. The van der Waals surface area contributed by atoms with Gasteiger partial charge in [-0.1, -0.05) is 12.1 Å². The molecule has 1 aromatic carbocycles. The van der Waals surface area contributed by atoms with E-state index < -0.39 is 0 Å². The lowest BCUT2D eigenvalue weighted by atomic mass is 9.92. The molecular formula is C15H19NO. The molecule has 1 saturated carbocycles. The van der Waals surface area contributed by atoms with Gasteiger partial charge in [-0.25, -0.2) is 0 Å². The first-order valence-corrected chi connectivity index (χ1v) is 6.18. The van der Waals surface area contributed by atoms with Crippen LogP contribution in [0.25, 0.3) is 6.08 Å². The van der Waals surface area contributed by atoms with Crippen LogP contribution in [0.3, 0.4) is 0 Å². The van der Waals surface area contributed by atoms with Crippen LogP contribution in [-0.2, 0) is 4.79 Å².